The molecule has 0 aliphatic carbocycles. The maximum atomic E-state index is 4.30. The summed E-state index contributed by atoms with van der Waals surface area (Å²) in [4.78, 5) is 4.30. The van der Waals surface area contributed by atoms with Crippen molar-refractivity contribution in [3.8, 4) is 0 Å². The van der Waals surface area contributed by atoms with Gasteiger partial charge in [0.1, 0.15) is 0 Å². The van der Waals surface area contributed by atoms with Crippen LogP contribution in [0.1, 0.15) is 31.9 Å². The number of nitrogens with zero attached hydrogens (tertiary/aromatic N) is 1. The molecule has 1 heteroatoms. The third-order valence-electron chi connectivity index (χ3n) is 1.92. The third-order valence-corrected chi connectivity index (χ3v) is 1.92. The second-order valence-electron chi connectivity index (χ2n) is 2.96. The van der Waals surface area contributed by atoms with Crippen molar-refractivity contribution in [2.75, 3.05) is 0 Å². The summed E-state index contributed by atoms with van der Waals surface area (Å²) in [5.74, 6) is 0.530. The number of aromatic nitrogens is 1. The predicted octanol–water partition coefficient (Wildman–Crippen LogP) is 3.15. The molecule has 1 rings (SSSR count). The van der Waals surface area contributed by atoms with Crippen LogP contribution in [0.15, 0.2) is 36.5 Å². The SMILES string of the molecule is CC=CCC(C)c1ccccn1. The smallest absolute Gasteiger partial charge is 0.0434 e. The van der Waals surface area contributed by atoms with Gasteiger partial charge in [0.05, 0.1) is 0 Å². The molecule has 0 saturated carbocycles. The average Bonchev–Trinajstić information content (AvgIpc) is 2.15. The lowest BCUT2D eigenvalue weighted by Crippen LogP contribution is -1.94. The highest BCUT2D eigenvalue weighted by atomic mass is 14.7. The van der Waals surface area contributed by atoms with Crippen LogP contribution in [-0.2, 0) is 0 Å². The molecule has 1 atom stereocenters. The van der Waals surface area contributed by atoms with Gasteiger partial charge in [0.25, 0.3) is 0 Å². The van der Waals surface area contributed by atoms with Gasteiger partial charge in [-0.3, -0.25) is 4.98 Å². The average molecular weight is 161 g/mol. The zero-order valence-corrected chi connectivity index (χ0v) is 7.70. The van der Waals surface area contributed by atoms with Crippen molar-refractivity contribution in [3.63, 3.8) is 0 Å². The Kier molecular flexibility index (Phi) is 3.52. The standard InChI is InChI=1S/C11H15N/c1-3-4-7-10(2)11-8-5-6-9-12-11/h3-6,8-10H,7H2,1-2H3. The Labute approximate surface area is 74.2 Å². The van der Waals surface area contributed by atoms with E-state index < -0.39 is 0 Å². The molecule has 12 heavy (non-hydrogen) atoms. The Bertz CT molecular complexity index is 238. The fourth-order valence-corrected chi connectivity index (χ4v) is 1.13. The zero-order chi connectivity index (χ0) is 8.81. The summed E-state index contributed by atoms with van der Waals surface area (Å²) < 4.78 is 0. The normalized spacial score (nSPS) is 13.5. The highest BCUT2D eigenvalue weighted by Gasteiger charge is 2.02. The second kappa shape index (κ2) is 4.70. The fraction of sp³-hybridized carbons (Fsp3) is 0.364. The molecule has 1 unspecified atom stereocenters. The van der Waals surface area contributed by atoms with Crippen LogP contribution in [0.25, 0.3) is 0 Å². The van der Waals surface area contributed by atoms with E-state index in [0.717, 1.165) is 6.42 Å². The van der Waals surface area contributed by atoms with Crippen LogP contribution in [0, 0.1) is 0 Å². The molecule has 0 radical (unpaired) electrons. The van der Waals surface area contributed by atoms with Crippen molar-refractivity contribution in [2.45, 2.75) is 26.2 Å². The largest absolute Gasteiger partial charge is 0.261 e. The first-order valence-electron chi connectivity index (χ1n) is 4.36. The van der Waals surface area contributed by atoms with Crippen LogP contribution in [-0.4, -0.2) is 4.98 Å². The fourth-order valence-electron chi connectivity index (χ4n) is 1.13. The first kappa shape index (κ1) is 8.98. The molecule has 0 aliphatic rings. The summed E-state index contributed by atoms with van der Waals surface area (Å²) in [6, 6.07) is 6.06. The highest BCUT2D eigenvalue weighted by Crippen LogP contribution is 2.15. The van der Waals surface area contributed by atoms with Gasteiger partial charge >= 0.3 is 0 Å². The van der Waals surface area contributed by atoms with E-state index >= 15 is 0 Å². The summed E-state index contributed by atoms with van der Waals surface area (Å²) in [5.41, 5.74) is 1.18. The van der Waals surface area contributed by atoms with Gasteiger partial charge in [-0.25, -0.2) is 0 Å². The summed E-state index contributed by atoms with van der Waals surface area (Å²) in [5, 5.41) is 0. The van der Waals surface area contributed by atoms with Gasteiger partial charge < -0.3 is 0 Å². The number of rotatable bonds is 3. The lowest BCUT2D eigenvalue weighted by atomic mass is 10.0. The monoisotopic (exact) mass is 161 g/mol. The van der Waals surface area contributed by atoms with Gasteiger partial charge in [0.15, 0.2) is 0 Å². The summed E-state index contributed by atoms with van der Waals surface area (Å²) in [6.07, 6.45) is 7.19. The van der Waals surface area contributed by atoms with Crippen molar-refractivity contribution >= 4 is 0 Å². The minimum Gasteiger partial charge on any atom is -0.261 e. The van der Waals surface area contributed by atoms with E-state index in [-0.39, 0.29) is 0 Å². The number of hydrogen-bond acceptors (Lipinski definition) is 1. The quantitative estimate of drug-likeness (QED) is 0.620. The van der Waals surface area contributed by atoms with Gasteiger partial charge in [0, 0.05) is 17.8 Å². The second-order valence-corrected chi connectivity index (χ2v) is 2.96. The lowest BCUT2D eigenvalue weighted by Gasteiger charge is -2.06. The van der Waals surface area contributed by atoms with E-state index in [9.17, 15) is 0 Å². The summed E-state index contributed by atoms with van der Waals surface area (Å²) in [7, 11) is 0. The topological polar surface area (TPSA) is 12.9 Å². The van der Waals surface area contributed by atoms with Crippen molar-refractivity contribution in [2.24, 2.45) is 0 Å². The molecule has 0 aliphatic heterocycles. The Morgan fingerprint density at radius 2 is 2.33 bits per heavy atom. The van der Waals surface area contributed by atoms with E-state index in [1.54, 1.807) is 0 Å². The molecular formula is C11H15N. The maximum Gasteiger partial charge on any atom is 0.0434 e. The van der Waals surface area contributed by atoms with Crippen molar-refractivity contribution in [1.82, 2.24) is 4.98 Å². The Morgan fingerprint density at radius 1 is 1.50 bits per heavy atom. The molecule has 1 aromatic heterocycles. The maximum absolute atomic E-state index is 4.30. The molecule has 64 valence electrons. The van der Waals surface area contributed by atoms with Crippen LogP contribution in [0.3, 0.4) is 0 Å². The van der Waals surface area contributed by atoms with Gasteiger partial charge in [-0.05, 0) is 25.5 Å². The van der Waals surface area contributed by atoms with Gasteiger partial charge in [-0.1, -0.05) is 25.1 Å². The van der Waals surface area contributed by atoms with Crippen LogP contribution >= 0.6 is 0 Å². The first-order valence-corrected chi connectivity index (χ1v) is 4.36. The Hall–Kier alpha value is -1.11. The van der Waals surface area contributed by atoms with E-state index in [1.807, 2.05) is 25.3 Å². The molecule has 1 heterocycles. The molecule has 0 amide bonds. The predicted molar refractivity (Wildman–Crippen MR) is 52.1 cm³/mol. The minimum atomic E-state index is 0.530. The molecule has 1 aromatic rings. The number of pyridine rings is 1. The molecule has 1 nitrogen and oxygen atoms in total. The molecule has 0 bridgehead atoms. The Balaban J connectivity index is 2.59. The molecular weight excluding hydrogens is 146 g/mol. The molecule has 0 saturated heterocycles. The highest BCUT2D eigenvalue weighted by molar-refractivity contribution is 5.09. The van der Waals surface area contributed by atoms with Crippen molar-refractivity contribution in [1.29, 1.82) is 0 Å². The first-order chi connectivity index (χ1) is 5.84. The van der Waals surface area contributed by atoms with Crippen LogP contribution in [0.5, 0.6) is 0 Å². The molecule has 0 fully saturated rings. The van der Waals surface area contributed by atoms with E-state index in [2.05, 4.69) is 30.1 Å². The Morgan fingerprint density at radius 3 is 2.92 bits per heavy atom. The van der Waals surface area contributed by atoms with Crippen molar-refractivity contribution < 1.29 is 0 Å². The van der Waals surface area contributed by atoms with Gasteiger partial charge in [0.2, 0.25) is 0 Å². The molecule has 0 spiro atoms. The van der Waals surface area contributed by atoms with Crippen LogP contribution in [0.2, 0.25) is 0 Å². The van der Waals surface area contributed by atoms with Crippen LogP contribution in [0.4, 0.5) is 0 Å². The van der Waals surface area contributed by atoms with E-state index in [4.69, 9.17) is 0 Å². The third kappa shape index (κ3) is 2.50. The zero-order valence-electron chi connectivity index (χ0n) is 7.70. The van der Waals surface area contributed by atoms with Gasteiger partial charge in [-0.15, -0.1) is 0 Å². The van der Waals surface area contributed by atoms with Crippen molar-refractivity contribution in [3.05, 3.63) is 42.2 Å². The summed E-state index contributed by atoms with van der Waals surface area (Å²) in [6.45, 7) is 4.24. The van der Waals surface area contributed by atoms with E-state index in [0.29, 0.717) is 5.92 Å². The number of hydrogen-bond donors (Lipinski definition) is 0. The molecule has 0 aromatic carbocycles. The lowest BCUT2D eigenvalue weighted by molar-refractivity contribution is 0.749. The van der Waals surface area contributed by atoms with Gasteiger partial charge in [-0.2, -0.15) is 0 Å². The minimum absolute atomic E-state index is 0.530. The summed E-state index contributed by atoms with van der Waals surface area (Å²) >= 11 is 0. The van der Waals surface area contributed by atoms with E-state index in [1.165, 1.54) is 5.69 Å². The number of allylic oxidation sites excluding steroid dienone is 2. The molecule has 0 N–H and O–H groups in total. The van der Waals surface area contributed by atoms with Crippen LogP contribution < -0.4 is 0 Å².